The quantitative estimate of drug-likeness (QED) is 0.265. The number of nitrogen functional groups attached to an aromatic ring is 1. The molecule has 3 rings (SSSR count). The molecule has 3 N–H and O–H groups in total. The van der Waals surface area contributed by atoms with Crippen LogP contribution in [0.1, 0.15) is 37.2 Å². The van der Waals surface area contributed by atoms with Crippen LogP contribution in [0.4, 0.5) is 0 Å². The molecule has 0 atom stereocenters. The number of fused-ring (bicyclic) bond motifs is 1. The highest BCUT2D eigenvalue weighted by Crippen LogP contribution is 2.23. The maximum atomic E-state index is 13.2. The number of benzene rings is 2. The molecule has 3 aromatic rings. The summed E-state index contributed by atoms with van der Waals surface area (Å²) in [6.45, 7) is 4.00. The van der Waals surface area contributed by atoms with E-state index in [1.807, 2.05) is 23.7 Å². The van der Waals surface area contributed by atoms with Crippen molar-refractivity contribution >= 4 is 32.9 Å². The van der Waals surface area contributed by atoms with Crippen molar-refractivity contribution in [2.45, 2.75) is 31.6 Å². The van der Waals surface area contributed by atoms with Crippen LogP contribution in [0.5, 0.6) is 0 Å². The molecule has 176 valence electrons. The van der Waals surface area contributed by atoms with Crippen LogP contribution in [0.3, 0.4) is 0 Å². The number of amidine groups is 1. The number of esters is 1. The van der Waals surface area contributed by atoms with E-state index in [4.69, 9.17) is 15.9 Å². The molecule has 0 aliphatic rings. The Morgan fingerprint density at radius 3 is 2.48 bits per heavy atom. The number of nitrogens with zero attached hydrogens (tertiary/aromatic N) is 3. The van der Waals surface area contributed by atoms with Crippen molar-refractivity contribution in [3.05, 3.63) is 59.4 Å². The maximum absolute atomic E-state index is 13.2. The van der Waals surface area contributed by atoms with Gasteiger partial charge in [-0.3, -0.25) is 10.2 Å². The summed E-state index contributed by atoms with van der Waals surface area (Å²) < 4.78 is 34.4. The second kappa shape index (κ2) is 10.1. The fourth-order valence-corrected chi connectivity index (χ4v) is 5.05. The van der Waals surface area contributed by atoms with E-state index in [-0.39, 0.29) is 36.8 Å². The lowest BCUT2D eigenvalue weighted by Crippen LogP contribution is -2.33. The van der Waals surface area contributed by atoms with Gasteiger partial charge in [-0.25, -0.2) is 13.4 Å². The lowest BCUT2D eigenvalue weighted by atomic mass is 10.1. The van der Waals surface area contributed by atoms with E-state index in [2.05, 4.69) is 4.98 Å². The van der Waals surface area contributed by atoms with Gasteiger partial charge in [-0.1, -0.05) is 31.2 Å². The summed E-state index contributed by atoms with van der Waals surface area (Å²) in [5, 5.41) is 7.50. The predicted molar refractivity (Wildman–Crippen MR) is 127 cm³/mol. The fraction of sp³-hybridized carbons (Fsp3) is 0.348. The van der Waals surface area contributed by atoms with Gasteiger partial charge in [0.05, 0.1) is 29.0 Å². The van der Waals surface area contributed by atoms with Crippen molar-refractivity contribution in [1.82, 2.24) is 13.9 Å². The number of carbonyl (C=O) groups is 1. The first-order valence-corrected chi connectivity index (χ1v) is 12.2. The summed E-state index contributed by atoms with van der Waals surface area (Å²) in [5.41, 5.74) is 8.56. The summed E-state index contributed by atoms with van der Waals surface area (Å²) in [7, 11) is -1.89. The standard InChI is InChI=1S/C23H29N5O4S/c1-4-28(13-12-22(29)32-5-2)33(30,31)18-10-11-20-19(15-18)26-21(27(20)3)14-16-6-8-17(9-7-16)23(24)25/h6-11,15H,4-5,12-14H2,1-3H3,(H3,24,25). The zero-order chi connectivity index (χ0) is 24.2. The van der Waals surface area contributed by atoms with Crippen molar-refractivity contribution in [1.29, 1.82) is 5.41 Å². The monoisotopic (exact) mass is 471 g/mol. The van der Waals surface area contributed by atoms with Crippen molar-refractivity contribution in [2.24, 2.45) is 12.8 Å². The van der Waals surface area contributed by atoms with Gasteiger partial charge < -0.3 is 15.0 Å². The zero-order valence-electron chi connectivity index (χ0n) is 19.0. The number of sulfonamides is 1. The molecule has 0 amide bonds. The SMILES string of the molecule is CCOC(=O)CCN(CC)S(=O)(=O)c1ccc2c(c1)nc(Cc1ccc(C(=N)N)cc1)n2C. The largest absolute Gasteiger partial charge is 0.466 e. The highest BCUT2D eigenvalue weighted by Gasteiger charge is 2.25. The first kappa shape index (κ1) is 24.4. The topological polar surface area (TPSA) is 131 Å². The Labute approximate surface area is 193 Å². The van der Waals surface area contributed by atoms with Crippen LogP contribution in [0.15, 0.2) is 47.4 Å². The molecule has 1 heterocycles. The van der Waals surface area contributed by atoms with Crippen molar-refractivity contribution in [3.8, 4) is 0 Å². The Kier molecular flexibility index (Phi) is 7.50. The Morgan fingerprint density at radius 1 is 1.18 bits per heavy atom. The number of nitrogens with one attached hydrogen (secondary N) is 1. The number of hydrogen-bond acceptors (Lipinski definition) is 6. The smallest absolute Gasteiger partial charge is 0.307 e. The molecule has 0 saturated heterocycles. The lowest BCUT2D eigenvalue weighted by Gasteiger charge is -2.20. The fourth-order valence-electron chi connectivity index (χ4n) is 3.58. The van der Waals surface area contributed by atoms with Crippen molar-refractivity contribution in [3.63, 3.8) is 0 Å². The molecule has 0 spiro atoms. The third-order valence-electron chi connectivity index (χ3n) is 5.43. The molecule has 0 aliphatic carbocycles. The Hall–Kier alpha value is -3.24. The predicted octanol–water partition coefficient (Wildman–Crippen LogP) is 2.41. The Bertz CT molecular complexity index is 1270. The van der Waals surface area contributed by atoms with Crippen LogP contribution in [-0.2, 0) is 33.0 Å². The number of rotatable bonds is 10. The molecular formula is C23H29N5O4S. The average molecular weight is 472 g/mol. The van der Waals surface area contributed by atoms with E-state index in [1.54, 1.807) is 44.2 Å². The van der Waals surface area contributed by atoms with Gasteiger partial charge in [0.2, 0.25) is 10.0 Å². The maximum Gasteiger partial charge on any atom is 0.307 e. The third kappa shape index (κ3) is 5.40. The molecule has 10 heteroatoms. The van der Waals surface area contributed by atoms with E-state index in [9.17, 15) is 13.2 Å². The van der Waals surface area contributed by atoms with E-state index in [0.717, 1.165) is 16.9 Å². The molecule has 9 nitrogen and oxygen atoms in total. The summed E-state index contributed by atoms with van der Waals surface area (Å²) in [5.74, 6) is 0.374. The van der Waals surface area contributed by atoms with E-state index >= 15 is 0 Å². The molecule has 0 unspecified atom stereocenters. The second-order valence-electron chi connectivity index (χ2n) is 7.58. The van der Waals surface area contributed by atoms with Gasteiger partial charge >= 0.3 is 5.97 Å². The van der Waals surface area contributed by atoms with Crippen LogP contribution in [0, 0.1) is 5.41 Å². The first-order valence-electron chi connectivity index (χ1n) is 10.7. The Morgan fingerprint density at radius 2 is 1.88 bits per heavy atom. The molecule has 0 bridgehead atoms. The van der Waals surface area contributed by atoms with Crippen molar-refractivity contribution in [2.75, 3.05) is 19.7 Å². The first-order chi connectivity index (χ1) is 15.7. The van der Waals surface area contributed by atoms with Crippen LogP contribution in [-0.4, -0.2) is 53.8 Å². The van der Waals surface area contributed by atoms with Crippen LogP contribution in [0.2, 0.25) is 0 Å². The van der Waals surface area contributed by atoms with Gasteiger partial charge in [-0.15, -0.1) is 0 Å². The van der Waals surface area contributed by atoms with Crippen LogP contribution < -0.4 is 5.73 Å². The highest BCUT2D eigenvalue weighted by molar-refractivity contribution is 7.89. The molecule has 33 heavy (non-hydrogen) atoms. The third-order valence-corrected chi connectivity index (χ3v) is 7.40. The molecule has 0 fully saturated rings. The summed E-state index contributed by atoms with van der Waals surface area (Å²) in [6.07, 6.45) is 0.547. The number of hydrogen-bond donors (Lipinski definition) is 2. The molecule has 0 saturated carbocycles. The summed E-state index contributed by atoms with van der Waals surface area (Å²) >= 11 is 0. The molecule has 0 aliphatic heterocycles. The molecular weight excluding hydrogens is 442 g/mol. The summed E-state index contributed by atoms with van der Waals surface area (Å²) in [6, 6.07) is 12.3. The Balaban J connectivity index is 1.85. The normalized spacial score (nSPS) is 11.8. The number of carbonyl (C=O) groups excluding carboxylic acids is 1. The minimum Gasteiger partial charge on any atom is -0.466 e. The van der Waals surface area contributed by atoms with E-state index in [1.165, 1.54) is 4.31 Å². The van der Waals surface area contributed by atoms with Gasteiger partial charge in [0.25, 0.3) is 0 Å². The van der Waals surface area contributed by atoms with Gasteiger partial charge in [-0.2, -0.15) is 4.31 Å². The zero-order valence-corrected chi connectivity index (χ0v) is 19.9. The average Bonchev–Trinajstić information content (AvgIpc) is 3.09. The van der Waals surface area contributed by atoms with Gasteiger partial charge in [0, 0.05) is 32.1 Å². The highest BCUT2D eigenvalue weighted by atomic mass is 32.2. The van der Waals surface area contributed by atoms with E-state index in [0.29, 0.717) is 17.5 Å². The number of ether oxygens (including phenoxy) is 1. The number of nitrogens with two attached hydrogens (primary N) is 1. The van der Waals surface area contributed by atoms with Gasteiger partial charge in [0.15, 0.2) is 0 Å². The van der Waals surface area contributed by atoms with Crippen molar-refractivity contribution < 1.29 is 17.9 Å². The lowest BCUT2D eigenvalue weighted by molar-refractivity contribution is -0.143. The second-order valence-corrected chi connectivity index (χ2v) is 9.51. The van der Waals surface area contributed by atoms with E-state index < -0.39 is 16.0 Å². The van der Waals surface area contributed by atoms with Crippen LogP contribution in [0.25, 0.3) is 11.0 Å². The molecule has 1 aromatic heterocycles. The minimum atomic E-state index is -3.78. The number of aromatic nitrogens is 2. The minimum absolute atomic E-state index is 0.000687. The van der Waals surface area contributed by atoms with Gasteiger partial charge in [-0.05, 0) is 30.7 Å². The summed E-state index contributed by atoms with van der Waals surface area (Å²) in [4.78, 5) is 16.5. The van der Waals surface area contributed by atoms with Crippen LogP contribution >= 0.6 is 0 Å². The molecule has 2 aromatic carbocycles. The number of imidazole rings is 1. The molecule has 0 radical (unpaired) electrons. The van der Waals surface area contributed by atoms with Gasteiger partial charge in [0.1, 0.15) is 11.7 Å². The number of aryl methyl sites for hydroxylation is 1.